The average molecular weight is 263 g/mol. The predicted octanol–water partition coefficient (Wildman–Crippen LogP) is 2.97. The average Bonchev–Trinajstić information content (AvgIpc) is 2.80. The van der Waals surface area contributed by atoms with E-state index in [0.29, 0.717) is 0 Å². The molecule has 0 aromatic carbocycles. The second-order valence-corrected chi connectivity index (χ2v) is 5.57. The number of carbonyl (C=O) groups excluding carboxylic acids is 1. The summed E-state index contributed by atoms with van der Waals surface area (Å²) in [4.78, 5) is 12.2. The maximum atomic E-state index is 12.2. The van der Waals surface area contributed by atoms with Crippen LogP contribution in [0.2, 0.25) is 0 Å². The van der Waals surface area contributed by atoms with Crippen molar-refractivity contribution < 1.29 is 4.79 Å². The molecule has 1 aromatic heterocycles. The number of aromatic nitrogens is 2. The smallest absolute Gasteiger partial charge is 0.223 e. The Labute approximate surface area is 115 Å². The Balaban J connectivity index is 1.97. The molecule has 1 aliphatic rings. The Bertz CT molecular complexity index is 433. The number of hydrogen-bond acceptors (Lipinski definition) is 2. The van der Waals surface area contributed by atoms with Crippen molar-refractivity contribution in [1.82, 2.24) is 15.1 Å². The van der Waals surface area contributed by atoms with Crippen molar-refractivity contribution in [2.45, 2.75) is 65.5 Å². The fraction of sp³-hybridized carbons (Fsp3) is 0.733. The standard InChI is InChI=1S/C15H25N3O/c1-4-18-12(3)14(10-16-18)11(2)17-15(19)13-8-6-5-7-9-13/h10-11,13H,4-9H2,1-3H3,(H,17,19). The van der Waals surface area contributed by atoms with Gasteiger partial charge < -0.3 is 5.32 Å². The van der Waals surface area contributed by atoms with Gasteiger partial charge in [0.05, 0.1) is 12.2 Å². The maximum Gasteiger partial charge on any atom is 0.223 e. The van der Waals surface area contributed by atoms with Crippen molar-refractivity contribution in [3.63, 3.8) is 0 Å². The van der Waals surface area contributed by atoms with Gasteiger partial charge in [0, 0.05) is 23.7 Å². The van der Waals surface area contributed by atoms with E-state index >= 15 is 0 Å². The van der Waals surface area contributed by atoms with Crippen LogP contribution >= 0.6 is 0 Å². The summed E-state index contributed by atoms with van der Waals surface area (Å²) in [6.45, 7) is 7.06. The molecule has 4 heteroatoms. The van der Waals surface area contributed by atoms with E-state index in [9.17, 15) is 4.79 Å². The first-order valence-corrected chi connectivity index (χ1v) is 7.46. The van der Waals surface area contributed by atoms with Crippen molar-refractivity contribution in [1.29, 1.82) is 0 Å². The van der Waals surface area contributed by atoms with Crippen molar-refractivity contribution in [3.8, 4) is 0 Å². The molecule has 2 rings (SSSR count). The summed E-state index contributed by atoms with van der Waals surface area (Å²) < 4.78 is 1.97. The van der Waals surface area contributed by atoms with Crippen molar-refractivity contribution in [2.75, 3.05) is 0 Å². The molecule has 1 heterocycles. The molecule has 1 aromatic rings. The number of rotatable bonds is 4. The Morgan fingerprint density at radius 1 is 1.47 bits per heavy atom. The zero-order chi connectivity index (χ0) is 13.8. The van der Waals surface area contributed by atoms with Crippen LogP contribution in [0.3, 0.4) is 0 Å². The third-order valence-electron chi connectivity index (χ3n) is 4.24. The number of amides is 1. The summed E-state index contributed by atoms with van der Waals surface area (Å²) >= 11 is 0. The summed E-state index contributed by atoms with van der Waals surface area (Å²) in [6, 6.07) is 0.0507. The monoisotopic (exact) mass is 263 g/mol. The van der Waals surface area contributed by atoms with Gasteiger partial charge in [-0.3, -0.25) is 9.48 Å². The van der Waals surface area contributed by atoms with Gasteiger partial charge in [-0.15, -0.1) is 0 Å². The third kappa shape index (κ3) is 3.17. The molecule has 19 heavy (non-hydrogen) atoms. The first-order valence-electron chi connectivity index (χ1n) is 7.46. The quantitative estimate of drug-likeness (QED) is 0.907. The SMILES string of the molecule is CCn1ncc(C(C)NC(=O)C2CCCCC2)c1C. The maximum absolute atomic E-state index is 12.2. The topological polar surface area (TPSA) is 46.9 Å². The molecular weight excluding hydrogens is 238 g/mol. The molecule has 1 amide bonds. The first kappa shape index (κ1) is 14.1. The van der Waals surface area contributed by atoms with Gasteiger partial charge in [-0.25, -0.2) is 0 Å². The van der Waals surface area contributed by atoms with Crippen LogP contribution in [0.15, 0.2) is 6.20 Å². The van der Waals surface area contributed by atoms with E-state index in [1.54, 1.807) is 0 Å². The van der Waals surface area contributed by atoms with E-state index < -0.39 is 0 Å². The highest BCUT2D eigenvalue weighted by molar-refractivity contribution is 5.79. The fourth-order valence-electron chi connectivity index (χ4n) is 2.98. The van der Waals surface area contributed by atoms with Gasteiger partial charge in [0.1, 0.15) is 0 Å². The zero-order valence-electron chi connectivity index (χ0n) is 12.3. The van der Waals surface area contributed by atoms with Crippen LogP contribution in [0, 0.1) is 12.8 Å². The highest BCUT2D eigenvalue weighted by Crippen LogP contribution is 2.25. The molecule has 1 aliphatic carbocycles. The summed E-state index contributed by atoms with van der Waals surface area (Å²) in [5, 5.41) is 7.49. The molecule has 0 aliphatic heterocycles. The fourth-order valence-corrected chi connectivity index (χ4v) is 2.98. The van der Waals surface area contributed by atoms with Gasteiger partial charge in [0.25, 0.3) is 0 Å². The highest BCUT2D eigenvalue weighted by atomic mass is 16.1. The summed E-state index contributed by atoms with van der Waals surface area (Å²) in [6.07, 6.45) is 7.64. The molecule has 1 atom stereocenters. The van der Waals surface area contributed by atoms with Gasteiger partial charge in [-0.05, 0) is 33.6 Å². The molecule has 0 spiro atoms. The minimum Gasteiger partial charge on any atom is -0.349 e. The number of aryl methyl sites for hydroxylation is 1. The molecule has 0 saturated heterocycles. The minimum absolute atomic E-state index is 0.0507. The van der Waals surface area contributed by atoms with Crippen LogP contribution in [0.4, 0.5) is 0 Å². The molecule has 0 bridgehead atoms. The normalized spacial score (nSPS) is 18.3. The molecule has 0 radical (unpaired) electrons. The predicted molar refractivity (Wildman–Crippen MR) is 75.8 cm³/mol. The Kier molecular flexibility index (Phi) is 4.61. The van der Waals surface area contributed by atoms with E-state index in [1.807, 2.05) is 17.8 Å². The van der Waals surface area contributed by atoms with E-state index in [0.717, 1.165) is 30.6 Å². The van der Waals surface area contributed by atoms with E-state index in [4.69, 9.17) is 0 Å². The Morgan fingerprint density at radius 3 is 2.74 bits per heavy atom. The largest absolute Gasteiger partial charge is 0.349 e. The number of carbonyl (C=O) groups is 1. The van der Waals surface area contributed by atoms with Gasteiger partial charge in [0.2, 0.25) is 5.91 Å². The molecule has 4 nitrogen and oxygen atoms in total. The molecule has 1 N–H and O–H groups in total. The zero-order valence-corrected chi connectivity index (χ0v) is 12.3. The summed E-state index contributed by atoms with van der Waals surface area (Å²) in [5.74, 6) is 0.438. The van der Waals surface area contributed by atoms with Crippen LogP contribution < -0.4 is 5.32 Å². The van der Waals surface area contributed by atoms with Crippen LogP contribution in [-0.4, -0.2) is 15.7 Å². The van der Waals surface area contributed by atoms with Crippen LogP contribution in [0.1, 0.15) is 63.3 Å². The number of nitrogens with one attached hydrogen (secondary N) is 1. The van der Waals surface area contributed by atoms with Crippen molar-refractivity contribution in [3.05, 3.63) is 17.5 Å². The van der Waals surface area contributed by atoms with Crippen molar-refractivity contribution >= 4 is 5.91 Å². The molecule has 1 unspecified atom stereocenters. The molecule has 1 saturated carbocycles. The Morgan fingerprint density at radius 2 is 2.16 bits per heavy atom. The summed E-state index contributed by atoms with van der Waals surface area (Å²) in [7, 11) is 0. The lowest BCUT2D eigenvalue weighted by atomic mass is 9.88. The lowest BCUT2D eigenvalue weighted by Crippen LogP contribution is -2.34. The van der Waals surface area contributed by atoms with E-state index in [2.05, 4.69) is 24.3 Å². The molecular formula is C15H25N3O. The van der Waals surface area contributed by atoms with Gasteiger partial charge >= 0.3 is 0 Å². The number of nitrogens with zero attached hydrogens (tertiary/aromatic N) is 2. The number of hydrogen-bond donors (Lipinski definition) is 1. The van der Waals surface area contributed by atoms with Gasteiger partial charge in [0.15, 0.2) is 0 Å². The van der Waals surface area contributed by atoms with Crippen LogP contribution in [-0.2, 0) is 11.3 Å². The Hall–Kier alpha value is -1.32. The van der Waals surface area contributed by atoms with Crippen LogP contribution in [0.25, 0.3) is 0 Å². The highest BCUT2D eigenvalue weighted by Gasteiger charge is 2.23. The molecule has 106 valence electrons. The van der Waals surface area contributed by atoms with Crippen molar-refractivity contribution in [2.24, 2.45) is 5.92 Å². The summed E-state index contributed by atoms with van der Waals surface area (Å²) in [5.41, 5.74) is 2.28. The van der Waals surface area contributed by atoms with Crippen LogP contribution in [0.5, 0.6) is 0 Å². The minimum atomic E-state index is 0.0507. The van der Waals surface area contributed by atoms with Gasteiger partial charge in [-0.2, -0.15) is 5.10 Å². The first-order chi connectivity index (χ1) is 9.13. The second kappa shape index (κ2) is 6.22. The van der Waals surface area contributed by atoms with E-state index in [1.165, 1.54) is 19.3 Å². The lowest BCUT2D eigenvalue weighted by Gasteiger charge is -2.23. The second-order valence-electron chi connectivity index (χ2n) is 5.57. The van der Waals surface area contributed by atoms with E-state index in [-0.39, 0.29) is 17.9 Å². The van der Waals surface area contributed by atoms with Gasteiger partial charge in [-0.1, -0.05) is 19.3 Å². The molecule has 1 fully saturated rings. The lowest BCUT2D eigenvalue weighted by molar-refractivity contribution is -0.126. The third-order valence-corrected chi connectivity index (χ3v) is 4.24.